The minimum Gasteiger partial charge on any atom is -0.497 e. The lowest BCUT2D eigenvalue weighted by atomic mass is 9.91. The summed E-state index contributed by atoms with van der Waals surface area (Å²) >= 11 is 0. The molecule has 0 aliphatic carbocycles. The summed E-state index contributed by atoms with van der Waals surface area (Å²) in [6.07, 6.45) is 0. The van der Waals surface area contributed by atoms with Gasteiger partial charge in [0.05, 0.1) is 7.11 Å². The molecule has 7 amide bonds. The number of nitrogens with one attached hydrogen (secondary N) is 4. The number of amides is 7. The first-order valence-corrected chi connectivity index (χ1v) is 11.3. The van der Waals surface area contributed by atoms with Crippen LogP contribution in [0.4, 0.5) is 9.59 Å². The van der Waals surface area contributed by atoms with Crippen LogP contribution in [0.5, 0.6) is 5.75 Å². The molecule has 2 saturated heterocycles. The summed E-state index contributed by atoms with van der Waals surface area (Å²) in [6.45, 7) is 2.30. The van der Waals surface area contributed by atoms with Crippen LogP contribution in [-0.2, 0) is 21.7 Å². The highest BCUT2D eigenvalue weighted by molar-refractivity contribution is 6.07. The molecular weight excluding hydrogens is 482 g/mol. The van der Waals surface area contributed by atoms with Crippen molar-refractivity contribution in [2.75, 3.05) is 14.2 Å². The third-order valence-electron chi connectivity index (χ3n) is 6.52. The highest BCUT2D eigenvalue weighted by atomic mass is 16.5. The van der Waals surface area contributed by atoms with Crippen LogP contribution >= 0.6 is 0 Å². The standard InChI is InChI=1S/C15H12N4O5.C10H11NO2/c1-15(12(21)18-14(23)19-15)7-2-3-8-6(4-7)5-9(24-8)10-11(20)17-13(22)16-10;1-11-6-7-3-4-8(13-2)5-9(7)10(11)12/h2-5,10H,1H3,(H2,16,17,20,22)(H2,18,19,21,23);3-5H,6H2,1-2H3. The molecule has 6 rings (SSSR count). The van der Waals surface area contributed by atoms with Crippen molar-refractivity contribution in [3.63, 3.8) is 0 Å². The zero-order valence-electron chi connectivity index (χ0n) is 20.1. The second kappa shape index (κ2) is 8.66. The zero-order chi connectivity index (χ0) is 26.5. The lowest BCUT2D eigenvalue weighted by molar-refractivity contribution is -0.123. The Kier molecular flexibility index (Phi) is 5.58. The van der Waals surface area contributed by atoms with Gasteiger partial charge in [0.1, 0.15) is 22.6 Å². The van der Waals surface area contributed by atoms with Gasteiger partial charge in [0.15, 0.2) is 6.04 Å². The van der Waals surface area contributed by atoms with Crippen molar-refractivity contribution in [3.8, 4) is 5.75 Å². The van der Waals surface area contributed by atoms with Gasteiger partial charge in [-0.1, -0.05) is 12.1 Å². The summed E-state index contributed by atoms with van der Waals surface area (Å²) in [7, 11) is 3.40. The van der Waals surface area contributed by atoms with Gasteiger partial charge in [0.25, 0.3) is 17.7 Å². The summed E-state index contributed by atoms with van der Waals surface area (Å²) in [5.41, 5.74) is 1.73. The number of ether oxygens (including phenoxy) is 1. The fraction of sp³-hybridized carbons (Fsp3) is 0.240. The van der Waals surface area contributed by atoms with Crippen molar-refractivity contribution in [3.05, 3.63) is 64.9 Å². The summed E-state index contributed by atoms with van der Waals surface area (Å²) in [6, 6.07) is 10.2. The Labute approximate surface area is 210 Å². The Hall–Kier alpha value is -4.87. The predicted molar refractivity (Wildman–Crippen MR) is 128 cm³/mol. The number of fused-ring (bicyclic) bond motifs is 2. The van der Waals surface area contributed by atoms with Crippen LogP contribution in [0, 0.1) is 0 Å². The highest BCUT2D eigenvalue weighted by Crippen LogP contribution is 2.31. The smallest absolute Gasteiger partial charge is 0.322 e. The van der Waals surface area contributed by atoms with Gasteiger partial charge >= 0.3 is 12.1 Å². The Morgan fingerprint density at radius 3 is 2.43 bits per heavy atom. The number of furan rings is 1. The van der Waals surface area contributed by atoms with Crippen molar-refractivity contribution >= 4 is 40.8 Å². The zero-order valence-corrected chi connectivity index (χ0v) is 20.1. The fourth-order valence-corrected chi connectivity index (χ4v) is 4.43. The van der Waals surface area contributed by atoms with E-state index in [-0.39, 0.29) is 11.7 Å². The molecule has 3 aromatic rings. The second-order valence-electron chi connectivity index (χ2n) is 9.01. The minimum atomic E-state index is -1.18. The lowest BCUT2D eigenvalue weighted by Crippen LogP contribution is -2.40. The molecule has 3 aliphatic rings. The van der Waals surface area contributed by atoms with Crippen LogP contribution < -0.4 is 26.0 Å². The quantitative estimate of drug-likeness (QED) is 0.394. The molecular formula is C25H23N5O7. The molecule has 0 radical (unpaired) electrons. The van der Waals surface area contributed by atoms with Gasteiger partial charge in [-0.25, -0.2) is 9.59 Å². The van der Waals surface area contributed by atoms with Crippen LogP contribution in [0.1, 0.15) is 40.2 Å². The van der Waals surface area contributed by atoms with E-state index >= 15 is 0 Å². The van der Waals surface area contributed by atoms with Gasteiger partial charge in [0, 0.05) is 24.5 Å². The molecule has 0 saturated carbocycles. The van der Waals surface area contributed by atoms with E-state index in [0.717, 1.165) is 16.9 Å². The highest BCUT2D eigenvalue weighted by Gasteiger charge is 2.43. The molecule has 3 aliphatic heterocycles. The minimum absolute atomic E-state index is 0.0777. The largest absolute Gasteiger partial charge is 0.497 e. The molecule has 1 aromatic heterocycles. The molecule has 2 aromatic carbocycles. The first-order chi connectivity index (χ1) is 17.6. The summed E-state index contributed by atoms with van der Waals surface area (Å²) in [4.78, 5) is 59.6. The first-order valence-electron chi connectivity index (χ1n) is 11.3. The fourth-order valence-electron chi connectivity index (χ4n) is 4.43. The number of carbonyl (C=O) groups is 5. The maximum absolute atomic E-state index is 12.0. The van der Waals surface area contributed by atoms with Gasteiger partial charge < -0.3 is 24.7 Å². The summed E-state index contributed by atoms with van der Waals surface area (Å²) < 4.78 is 10.7. The van der Waals surface area contributed by atoms with E-state index in [1.165, 1.54) is 0 Å². The third-order valence-corrected chi connectivity index (χ3v) is 6.52. The Morgan fingerprint density at radius 2 is 1.78 bits per heavy atom. The van der Waals surface area contributed by atoms with Gasteiger partial charge in [0.2, 0.25) is 0 Å². The summed E-state index contributed by atoms with van der Waals surface area (Å²) in [5, 5.41) is 10.0. The van der Waals surface area contributed by atoms with Gasteiger partial charge in [-0.15, -0.1) is 0 Å². The van der Waals surface area contributed by atoms with Crippen LogP contribution in [0.3, 0.4) is 0 Å². The first kappa shape index (κ1) is 23.9. The number of hydrogen-bond donors (Lipinski definition) is 4. The molecule has 12 heteroatoms. The number of urea groups is 2. The van der Waals surface area contributed by atoms with Crippen molar-refractivity contribution in [1.29, 1.82) is 0 Å². The van der Waals surface area contributed by atoms with Crippen LogP contribution in [0.15, 0.2) is 46.9 Å². The molecule has 4 heterocycles. The number of carbonyl (C=O) groups excluding carboxylic acids is 5. The van der Waals surface area contributed by atoms with E-state index in [4.69, 9.17) is 9.15 Å². The van der Waals surface area contributed by atoms with Crippen molar-refractivity contribution in [2.24, 2.45) is 0 Å². The molecule has 190 valence electrons. The van der Waals surface area contributed by atoms with E-state index in [2.05, 4.69) is 21.3 Å². The maximum atomic E-state index is 12.0. The molecule has 12 nitrogen and oxygen atoms in total. The molecule has 0 spiro atoms. The van der Waals surface area contributed by atoms with Gasteiger partial charge in [-0.05, 0) is 48.4 Å². The van der Waals surface area contributed by atoms with Crippen molar-refractivity contribution in [2.45, 2.75) is 25.0 Å². The molecule has 2 atom stereocenters. The Morgan fingerprint density at radius 1 is 1.00 bits per heavy atom. The van der Waals surface area contributed by atoms with Crippen molar-refractivity contribution in [1.82, 2.24) is 26.2 Å². The number of imide groups is 2. The Bertz CT molecular complexity index is 1500. The summed E-state index contributed by atoms with van der Waals surface area (Å²) in [5.74, 6) is 0.165. The molecule has 4 N–H and O–H groups in total. The normalized spacial score (nSPS) is 22.2. The predicted octanol–water partition coefficient (Wildman–Crippen LogP) is 1.65. The number of hydrogen-bond acceptors (Lipinski definition) is 7. The van der Waals surface area contributed by atoms with E-state index in [0.29, 0.717) is 23.1 Å². The Balaban J connectivity index is 0.000000182. The number of methoxy groups -OCH3 is 1. The van der Waals surface area contributed by atoms with E-state index in [1.807, 2.05) is 12.1 Å². The van der Waals surface area contributed by atoms with E-state index < -0.39 is 35.5 Å². The van der Waals surface area contributed by atoms with Crippen LogP contribution in [0.25, 0.3) is 11.0 Å². The average molecular weight is 505 g/mol. The molecule has 37 heavy (non-hydrogen) atoms. The topological polar surface area (TPSA) is 159 Å². The average Bonchev–Trinajstić information content (AvgIpc) is 3.58. The van der Waals surface area contributed by atoms with E-state index in [1.54, 1.807) is 56.3 Å². The van der Waals surface area contributed by atoms with Crippen LogP contribution in [0.2, 0.25) is 0 Å². The number of rotatable bonds is 3. The third kappa shape index (κ3) is 4.11. The number of benzene rings is 2. The molecule has 2 fully saturated rings. The second-order valence-corrected chi connectivity index (χ2v) is 9.01. The number of nitrogens with zero attached hydrogens (tertiary/aromatic N) is 1. The van der Waals surface area contributed by atoms with E-state index in [9.17, 15) is 24.0 Å². The molecule has 2 unspecified atom stereocenters. The SMILES string of the molecule is CC1(c2ccc3oc(C4NC(=O)NC4=O)cc3c2)NC(=O)NC1=O.COc1ccc2c(c1)C(=O)N(C)C2. The van der Waals surface area contributed by atoms with Gasteiger partial charge in [-0.3, -0.25) is 25.0 Å². The lowest BCUT2D eigenvalue weighted by Gasteiger charge is -2.20. The van der Waals surface area contributed by atoms with Gasteiger partial charge in [-0.2, -0.15) is 0 Å². The maximum Gasteiger partial charge on any atom is 0.322 e. The van der Waals surface area contributed by atoms with Crippen molar-refractivity contribution < 1.29 is 33.1 Å². The monoisotopic (exact) mass is 505 g/mol. The van der Waals surface area contributed by atoms with Crippen LogP contribution in [-0.4, -0.2) is 48.8 Å². The molecule has 0 bridgehead atoms.